The van der Waals surface area contributed by atoms with Crippen molar-refractivity contribution in [3.8, 4) is 0 Å². The molecule has 0 radical (unpaired) electrons. The van der Waals surface area contributed by atoms with Gasteiger partial charge in [-0.25, -0.2) is 17.7 Å². The first-order valence-corrected chi connectivity index (χ1v) is 8.72. The van der Waals surface area contributed by atoms with Crippen LogP contribution in [0, 0.1) is 0 Å². The molecule has 0 N–H and O–H groups in total. The van der Waals surface area contributed by atoms with E-state index in [1.807, 2.05) is 0 Å². The molecule has 1 aromatic heterocycles. The Bertz CT molecular complexity index is 919. The molecule has 2 rings (SSSR count). The summed E-state index contributed by atoms with van der Waals surface area (Å²) < 4.78 is 69.9. The number of nitrogens with zero attached hydrogens (tertiary/aromatic N) is 2. The van der Waals surface area contributed by atoms with Gasteiger partial charge in [0.15, 0.2) is 6.29 Å². The van der Waals surface area contributed by atoms with Crippen LogP contribution in [0.25, 0.3) is 0 Å². The van der Waals surface area contributed by atoms with E-state index >= 15 is 0 Å². The number of benzene rings is 1. The number of pyridine rings is 1. The van der Waals surface area contributed by atoms with Gasteiger partial charge in [0.2, 0.25) is 0 Å². The summed E-state index contributed by atoms with van der Waals surface area (Å²) in [6, 6.07) is 4.37. The van der Waals surface area contributed by atoms with Gasteiger partial charge in [0.1, 0.15) is 12.4 Å². The van der Waals surface area contributed by atoms with Gasteiger partial charge in [-0.1, -0.05) is 17.7 Å². The van der Waals surface area contributed by atoms with E-state index in [9.17, 15) is 26.4 Å². The summed E-state index contributed by atoms with van der Waals surface area (Å²) in [4.78, 5) is 14.3. The third-order valence-corrected chi connectivity index (χ3v) is 5.18. The van der Waals surface area contributed by atoms with Crippen LogP contribution in [0.4, 0.5) is 18.9 Å². The predicted octanol–water partition coefficient (Wildman–Crippen LogP) is 3.37. The number of methoxy groups -OCH3 is 1. The average Bonchev–Trinajstić information content (AvgIpc) is 2.59. The molecule has 0 spiro atoms. The fourth-order valence-electron chi connectivity index (χ4n) is 2.08. The molecule has 2 aromatic rings. The summed E-state index contributed by atoms with van der Waals surface area (Å²) in [5, 5.41) is 0.0333. The van der Waals surface area contributed by atoms with Gasteiger partial charge in [-0.3, -0.25) is 4.79 Å². The Morgan fingerprint density at radius 2 is 2.00 bits per heavy atom. The third-order valence-electron chi connectivity index (χ3n) is 3.24. The van der Waals surface area contributed by atoms with E-state index < -0.39 is 33.4 Å². The summed E-state index contributed by atoms with van der Waals surface area (Å²) >= 11 is 5.81. The van der Waals surface area contributed by atoms with Crippen molar-refractivity contribution in [3.63, 3.8) is 0 Å². The molecule has 0 bridgehead atoms. The van der Waals surface area contributed by atoms with Gasteiger partial charge in [-0.2, -0.15) is 13.2 Å². The smallest absolute Gasteiger partial charge is 0.363 e. The highest BCUT2D eigenvalue weighted by molar-refractivity contribution is 7.92. The monoisotopic (exact) mass is 408 g/mol. The maximum absolute atomic E-state index is 12.9. The van der Waals surface area contributed by atoms with Crippen LogP contribution in [-0.2, 0) is 20.9 Å². The van der Waals surface area contributed by atoms with E-state index in [1.165, 1.54) is 7.11 Å². The molecule has 0 atom stereocenters. The van der Waals surface area contributed by atoms with E-state index in [2.05, 4.69) is 4.98 Å². The standard InChI is InChI=1S/C15H12ClF3N2O4S/c1-25-9-21(14-6-11(16)7-20-13(14)8-22)26(23,24)12-4-2-3-10(5-12)15(17,18)19/h2-8H,9H2,1H3. The molecule has 26 heavy (non-hydrogen) atoms. The number of sulfonamides is 1. The van der Waals surface area contributed by atoms with Crippen molar-refractivity contribution in [2.75, 3.05) is 18.1 Å². The molecule has 0 aliphatic carbocycles. The maximum Gasteiger partial charge on any atom is 0.416 e. The van der Waals surface area contributed by atoms with E-state index in [4.69, 9.17) is 16.3 Å². The number of aromatic nitrogens is 1. The molecule has 0 aliphatic rings. The highest BCUT2D eigenvalue weighted by Gasteiger charge is 2.33. The number of carbonyl (C=O) groups excluding carboxylic acids is 1. The highest BCUT2D eigenvalue weighted by Crippen LogP contribution is 2.33. The van der Waals surface area contributed by atoms with Crippen LogP contribution in [0.3, 0.4) is 0 Å². The zero-order valence-electron chi connectivity index (χ0n) is 13.2. The van der Waals surface area contributed by atoms with Crippen LogP contribution in [0.15, 0.2) is 41.4 Å². The summed E-state index contributed by atoms with van der Waals surface area (Å²) in [6.07, 6.45) is -3.28. The van der Waals surface area contributed by atoms with Gasteiger partial charge in [0, 0.05) is 13.3 Å². The van der Waals surface area contributed by atoms with Crippen LogP contribution >= 0.6 is 11.6 Å². The SMILES string of the molecule is COCN(c1cc(Cl)cnc1C=O)S(=O)(=O)c1cccc(C(F)(F)F)c1. The van der Waals surface area contributed by atoms with Crippen LogP contribution in [0.2, 0.25) is 5.02 Å². The Labute approximate surface area is 152 Å². The van der Waals surface area contributed by atoms with Crippen molar-refractivity contribution in [2.24, 2.45) is 0 Å². The molecular formula is C15H12ClF3N2O4S. The number of anilines is 1. The van der Waals surface area contributed by atoms with Gasteiger partial charge in [-0.05, 0) is 24.3 Å². The summed E-state index contributed by atoms with van der Waals surface area (Å²) in [7, 11) is -3.31. The van der Waals surface area contributed by atoms with Crippen LogP contribution in [0.1, 0.15) is 16.1 Å². The van der Waals surface area contributed by atoms with E-state index in [0.29, 0.717) is 16.7 Å². The number of carbonyl (C=O) groups is 1. The Morgan fingerprint density at radius 3 is 2.58 bits per heavy atom. The fourth-order valence-corrected chi connectivity index (χ4v) is 3.66. The minimum Gasteiger partial charge on any atom is -0.363 e. The van der Waals surface area contributed by atoms with E-state index in [-0.39, 0.29) is 16.4 Å². The maximum atomic E-state index is 12.9. The van der Waals surface area contributed by atoms with Gasteiger partial charge in [-0.15, -0.1) is 0 Å². The molecule has 0 saturated carbocycles. The molecule has 0 unspecified atom stereocenters. The lowest BCUT2D eigenvalue weighted by atomic mass is 10.2. The molecule has 0 amide bonds. The first kappa shape index (κ1) is 20.1. The van der Waals surface area contributed by atoms with Crippen molar-refractivity contribution in [1.29, 1.82) is 0 Å². The molecule has 1 heterocycles. The predicted molar refractivity (Wildman–Crippen MR) is 87.6 cm³/mol. The van der Waals surface area contributed by atoms with Gasteiger partial charge >= 0.3 is 6.18 Å². The molecule has 0 fully saturated rings. The van der Waals surface area contributed by atoms with Crippen LogP contribution in [0.5, 0.6) is 0 Å². The molecule has 6 nitrogen and oxygen atoms in total. The second-order valence-corrected chi connectivity index (χ2v) is 7.27. The summed E-state index contributed by atoms with van der Waals surface area (Å²) in [5.41, 5.74) is -1.61. The lowest BCUT2D eigenvalue weighted by molar-refractivity contribution is -0.137. The Hall–Kier alpha value is -2.17. The second-order valence-electron chi connectivity index (χ2n) is 4.97. The quantitative estimate of drug-likeness (QED) is 0.541. The summed E-state index contributed by atoms with van der Waals surface area (Å²) in [6.45, 7) is -0.568. The lowest BCUT2D eigenvalue weighted by Gasteiger charge is -2.24. The molecule has 11 heteroatoms. The van der Waals surface area contributed by atoms with Crippen molar-refractivity contribution in [1.82, 2.24) is 4.98 Å². The molecule has 1 aromatic carbocycles. The highest BCUT2D eigenvalue weighted by atomic mass is 35.5. The molecule has 140 valence electrons. The zero-order valence-corrected chi connectivity index (χ0v) is 14.8. The van der Waals surface area contributed by atoms with Gasteiger partial charge < -0.3 is 4.74 Å². The van der Waals surface area contributed by atoms with Crippen molar-refractivity contribution in [2.45, 2.75) is 11.1 Å². The first-order chi connectivity index (χ1) is 12.1. The topological polar surface area (TPSA) is 76.6 Å². The first-order valence-electron chi connectivity index (χ1n) is 6.91. The fraction of sp³-hybridized carbons (Fsp3) is 0.200. The van der Waals surface area contributed by atoms with E-state index in [0.717, 1.165) is 30.5 Å². The number of halogens is 4. The van der Waals surface area contributed by atoms with Crippen LogP contribution < -0.4 is 4.31 Å². The number of alkyl halides is 3. The lowest BCUT2D eigenvalue weighted by Crippen LogP contribution is -2.34. The number of ether oxygens (including phenoxy) is 1. The Balaban J connectivity index is 2.64. The number of aldehydes is 1. The Kier molecular flexibility index (Phi) is 5.89. The van der Waals surface area contributed by atoms with Crippen molar-refractivity contribution >= 4 is 33.6 Å². The molecular weight excluding hydrogens is 397 g/mol. The third kappa shape index (κ3) is 4.14. The van der Waals surface area contributed by atoms with Gasteiger partial charge in [0.05, 0.1) is 21.2 Å². The minimum atomic E-state index is -4.72. The van der Waals surface area contributed by atoms with E-state index in [1.54, 1.807) is 0 Å². The Morgan fingerprint density at radius 1 is 1.31 bits per heavy atom. The average molecular weight is 409 g/mol. The largest absolute Gasteiger partial charge is 0.416 e. The van der Waals surface area contributed by atoms with Gasteiger partial charge in [0.25, 0.3) is 10.0 Å². The number of hydrogen-bond acceptors (Lipinski definition) is 5. The second kappa shape index (κ2) is 7.60. The zero-order chi connectivity index (χ0) is 19.5. The molecule has 0 aliphatic heterocycles. The minimum absolute atomic E-state index is 0.0333. The normalized spacial score (nSPS) is 12.0. The van der Waals surface area contributed by atoms with Crippen molar-refractivity contribution < 1.29 is 31.1 Å². The van der Waals surface area contributed by atoms with Crippen molar-refractivity contribution in [3.05, 3.63) is 52.8 Å². The number of rotatable bonds is 6. The molecule has 0 saturated heterocycles. The summed E-state index contributed by atoms with van der Waals surface area (Å²) in [5.74, 6) is 0. The van der Waals surface area contributed by atoms with Crippen LogP contribution in [-0.4, -0.2) is 33.5 Å². The number of hydrogen-bond donors (Lipinski definition) is 0.